The lowest BCUT2D eigenvalue weighted by Gasteiger charge is -2.28. The lowest BCUT2D eigenvalue weighted by atomic mass is 9.95. The summed E-state index contributed by atoms with van der Waals surface area (Å²) < 4.78 is 16.3. The van der Waals surface area contributed by atoms with Crippen LogP contribution in [0.1, 0.15) is 27.2 Å². The summed E-state index contributed by atoms with van der Waals surface area (Å²) in [5.41, 5.74) is 1.15. The number of benzene rings is 1. The van der Waals surface area contributed by atoms with E-state index in [1.165, 1.54) is 19.1 Å². The predicted molar refractivity (Wildman–Crippen MR) is 116 cm³/mol. The van der Waals surface area contributed by atoms with Crippen LogP contribution in [0.3, 0.4) is 0 Å². The Bertz CT molecular complexity index is 1350. The summed E-state index contributed by atoms with van der Waals surface area (Å²) in [7, 11) is 3.02. The van der Waals surface area contributed by atoms with Crippen LogP contribution in [0.4, 0.5) is 4.79 Å². The summed E-state index contributed by atoms with van der Waals surface area (Å²) in [6.45, 7) is 3.95. The molecule has 1 saturated heterocycles. The van der Waals surface area contributed by atoms with Gasteiger partial charge in [-0.2, -0.15) is 0 Å². The van der Waals surface area contributed by atoms with Gasteiger partial charge in [0.1, 0.15) is 22.8 Å². The van der Waals surface area contributed by atoms with Gasteiger partial charge in [-0.05, 0) is 23.8 Å². The second kappa shape index (κ2) is 7.37. The molecule has 2 aliphatic rings. The minimum atomic E-state index is -1.61. The summed E-state index contributed by atoms with van der Waals surface area (Å²) in [5.74, 6) is 0.233. The molecule has 1 fully saturated rings. The average molecular weight is 448 g/mol. The molecular weight excluding hydrogens is 428 g/mol. The molecule has 10 heteroatoms. The molecule has 2 aromatic heterocycles. The number of aromatic nitrogens is 1. The highest BCUT2D eigenvalue weighted by Gasteiger charge is 2.53. The molecule has 33 heavy (non-hydrogen) atoms. The molecule has 4 amide bonds. The first-order valence-corrected chi connectivity index (χ1v) is 10.1. The molecule has 0 aliphatic carbocycles. The Morgan fingerprint density at radius 1 is 1.24 bits per heavy atom. The van der Waals surface area contributed by atoms with Crippen LogP contribution >= 0.6 is 0 Å². The van der Waals surface area contributed by atoms with Crippen molar-refractivity contribution < 1.29 is 28.3 Å². The largest absolute Gasteiger partial charge is 0.497 e. The number of methoxy groups -OCH3 is 2. The number of urea groups is 1. The molecule has 1 atom stereocenters. The van der Waals surface area contributed by atoms with Crippen molar-refractivity contribution in [2.45, 2.75) is 12.1 Å². The van der Waals surface area contributed by atoms with E-state index in [4.69, 9.17) is 13.9 Å². The molecule has 4 heterocycles. The first-order chi connectivity index (χ1) is 15.8. The number of carbonyl (C=O) groups excluding carboxylic acids is 3. The van der Waals surface area contributed by atoms with Crippen LogP contribution in [0.5, 0.6) is 5.75 Å². The van der Waals surface area contributed by atoms with Gasteiger partial charge in [0.2, 0.25) is 0 Å². The number of hydrogen-bond donors (Lipinski definition) is 2. The zero-order chi connectivity index (χ0) is 23.3. The van der Waals surface area contributed by atoms with Gasteiger partial charge in [0.25, 0.3) is 11.8 Å². The number of ether oxygens (including phenoxy) is 2. The Balaban J connectivity index is 1.54. The molecule has 0 saturated carbocycles. The van der Waals surface area contributed by atoms with Crippen LogP contribution in [-0.2, 0) is 21.6 Å². The van der Waals surface area contributed by atoms with Crippen LogP contribution < -0.4 is 15.4 Å². The second-order valence-electron chi connectivity index (χ2n) is 7.84. The Kier molecular flexibility index (Phi) is 4.59. The van der Waals surface area contributed by atoms with Crippen molar-refractivity contribution in [3.63, 3.8) is 0 Å². The summed E-state index contributed by atoms with van der Waals surface area (Å²) in [6.07, 6.45) is 1.57. The molecule has 1 aromatic carbocycles. The highest BCUT2D eigenvalue weighted by molar-refractivity contribution is 6.08. The fraction of sp³-hybridized carbons (Fsp3) is 0.217. The fourth-order valence-electron chi connectivity index (χ4n) is 4.13. The number of imide groups is 1. The van der Waals surface area contributed by atoms with Gasteiger partial charge in [-0.1, -0.05) is 12.6 Å². The predicted octanol–water partition coefficient (Wildman–Crippen LogP) is 2.14. The summed E-state index contributed by atoms with van der Waals surface area (Å²) in [4.78, 5) is 44.1. The van der Waals surface area contributed by atoms with Crippen molar-refractivity contribution in [3.8, 4) is 5.75 Å². The van der Waals surface area contributed by atoms with Gasteiger partial charge < -0.3 is 24.1 Å². The minimum absolute atomic E-state index is 0.127. The number of carbonyl (C=O) groups is 3. The van der Waals surface area contributed by atoms with Crippen molar-refractivity contribution in [3.05, 3.63) is 65.6 Å². The molecule has 0 bridgehead atoms. The Morgan fingerprint density at radius 3 is 2.76 bits per heavy atom. The molecular formula is C23H20N4O6. The zero-order valence-corrected chi connectivity index (χ0v) is 17.9. The Labute approximate surface area is 188 Å². The van der Waals surface area contributed by atoms with Crippen LogP contribution in [0.25, 0.3) is 16.9 Å². The van der Waals surface area contributed by atoms with Crippen LogP contribution in [0, 0.1) is 0 Å². The monoisotopic (exact) mass is 448 g/mol. The third kappa shape index (κ3) is 3.18. The highest BCUT2D eigenvalue weighted by Crippen LogP contribution is 2.35. The lowest BCUT2D eigenvalue weighted by Crippen LogP contribution is -2.52. The normalized spacial score (nSPS) is 19.5. The van der Waals surface area contributed by atoms with Crippen LogP contribution in [0.2, 0.25) is 0 Å². The van der Waals surface area contributed by atoms with E-state index in [0.717, 1.165) is 5.56 Å². The summed E-state index contributed by atoms with van der Waals surface area (Å²) in [5, 5.41) is 4.91. The minimum Gasteiger partial charge on any atom is -0.497 e. The maximum Gasteiger partial charge on any atom is 0.322 e. The molecule has 168 valence electrons. The number of nitrogens with one attached hydrogen (secondary N) is 2. The van der Waals surface area contributed by atoms with E-state index >= 15 is 0 Å². The van der Waals surface area contributed by atoms with E-state index < -0.39 is 17.5 Å². The zero-order valence-electron chi connectivity index (χ0n) is 17.9. The van der Waals surface area contributed by atoms with E-state index in [0.29, 0.717) is 33.7 Å². The van der Waals surface area contributed by atoms with Gasteiger partial charge in [-0.15, -0.1) is 0 Å². The van der Waals surface area contributed by atoms with E-state index in [2.05, 4.69) is 22.2 Å². The number of nitrogens with zero attached hydrogens (tertiary/aromatic N) is 2. The summed E-state index contributed by atoms with van der Waals surface area (Å²) in [6, 6.07) is 7.83. The van der Waals surface area contributed by atoms with Gasteiger partial charge in [0.15, 0.2) is 11.1 Å². The number of furan rings is 1. The second-order valence-corrected chi connectivity index (χ2v) is 7.84. The van der Waals surface area contributed by atoms with E-state index in [1.807, 2.05) is 0 Å². The Morgan fingerprint density at radius 2 is 2.06 bits per heavy atom. The standard InChI is InChI=1S/C23H20N4O6/c1-12(31-2)14-6-18-17(24-9-14)8-19(33-18)23(21(29)25-22(30)26-23)11-27-10-13-4-5-15(32-3)7-16(13)20(27)28/h4-9H,1,10-11H2,2-3H3,(H2,25,26,29,30). The van der Waals surface area contributed by atoms with Crippen LogP contribution in [0.15, 0.2) is 47.5 Å². The number of pyridine rings is 1. The molecule has 3 aromatic rings. The average Bonchev–Trinajstić information content (AvgIpc) is 3.46. The lowest BCUT2D eigenvalue weighted by molar-refractivity contribution is -0.125. The van der Waals surface area contributed by atoms with Crippen molar-refractivity contribution >= 4 is 34.7 Å². The highest BCUT2D eigenvalue weighted by atomic mass is 16.5. The van der Waals surface area contributed by atoms with Crippen molar-refractivity contribution in [1.29, 1.82) is 0 Å². The number of hydrogen-bond acceptors (Lipinski definition) is 7. The number of fused-ring (bicyclic) bond motifs is 2. The molecule has 10 nitrogen and oxygen atoms in total. The van der Waals surface area contributed by atoms with Crippen molar-refractivity contribution in [1.82, 2.24) is 20.5 Å². The van der Waals surface area contributed by atoms with E-state index in [1.54, 1.807) is 36.5 Å². The molecule has 5 rings (SSSR count). The van der Waals surface area contributed by atoms with Crippen molar-refractivity contribution in [2.24, 2.45) is 0 Å². The van der Waals surface area contributed by atoms with Crippen molar-refractivity contribution in [2.75, 3.05) is 20.8 Å². The maximum atomic E-state index is 13.1. The smallest absolute Gasteiger partial charge is 0.322 e. The van der Waals surface area contributed by atoms with Gasteiger partial charge in [0.05, 0.1) is 20.8 Å². The topological polar surface area (TPSA) is 123 Å². The van der Waals surface area contributed by atoms with E-state index in [-0.39, 0.29) is 24.8 Å². The van der Waals surface area contributed by atoms with Crippen LogP contribution in [-0.4, -0.2) is 48.5 Å². The SMILES string of the molecule is C=C(OC)c1cnc2cc(C3(CN4Cc5ccc(OC)cc5C4=O)NC(=O)NC3=O)oc2c1. The quantitative estimate of drug-likeness (QED) is 0.437. The molecule has 2 aliphatic heterocycles. The molecule has 0 radical (unpaired) electrons. The van der Waals surface area contributed by atoms with Gasteiger partial charge in [-0.25, -0.2) is 4.79 Å². The number of rotatable bonds is 6. The third-order valence-electron chi connectivity index (χ3n) is 5.92. The molecule has 0 spiro atoms. The Hall–Kier alpha value is -4.34. The first kappa shape index (κ1) is 20.6. The number of amides is 4. The van der Waals surface area contributed by atoms with Gasteiger partial charge in [0, 0.05) is 29.9 Å². The molecule has 1 unspecified atom stereocenters. The summed E-state index contributed by atoms with van der Waals surface area (Å²) >= 11 is 0. The molecule has 2 N–H and O–H groups in total. The van der Waals surface area contributed by atoms with Gasteiger partial charge >= 0.3 is 6.03 Å². The fourth-order valence-corrected chi connectivity index (χ4v) is 4.13. The third-order valence-corrected chi connectivity index (χ3v) is 5.92. The van der Waals surface area contributed by atoms with E-state index in [9.17, 15) is 14.4 Å². The van der Waals surface area contributed by atoms with Gasteiger partial charge in [-0.3, -0.25) is 19.9 Å². The first-order valence-electron chi connectivity index (χ1n) is 10.1. The maximum absolute atomic E-state index is 13.1.